The zero-order chi connectivity index (χ0) is 13.8. The van der Waals surface area contributed by atoms with E-state index >= 15 is 0 Å². The highest BCUT2D eigenvalue weighted by Crippen LogP contribution is 2.14. The third-order valence-electron chi connectivity index (χ3n) is 2.35. The van der Waals surface area contributed by atoms with Crippen LogP contribution in [0.2, 0.25) is 0 Å². The predicted octanol–water partition coefficient (Wildman–Crippen LogP) is -0.502. The number of aliphatic hydroxyl groups excluding tert-OH is 2. The monoisotopic (exact) mass is 270 g/mol. The molecule has 1 rings (SSSR count). The number of benzene rings is 1. The van der Waals surface area contributed by atoms with E-state index in [4.69, 9.17) is 15.5 Å². The summed E-state index contributed by atoms with van der Waals surface area (Å²) in [4.78, 5) is 0.0177. The minimum Gasteiger partial charge on any atom is -0.394 e. The fraction of sp³-hybridized carbons (Fsp3) is 0.364. The summed E-state index contributed by atoms with van der Waals surface area (Å²) in [5, 5.41) is 26.4. The van der Waals surface area contributed by atoms with Crippen molar-refractivity contribution in [2.45, 2.75) is 17.9 Å². The Hall–Kier alpha value is -1.46. The lowest BCUT2D eigenvalue weighted by Gasteiger charge is -2.10. The van der Waals surface area contributed by atoms with Gasteiger partial charge in [-0.2, -0.15) is 5.26 Å². The number of nitrogens with one attached hydrogen (secondary N) is 1. The Kier molecular flexibility index (Phi) is 4.81. The topological polar surface area (TPSA) is 110 Å². The van der Waals surface area contributed by atoms with Crippen LogP contribution in [-0.4, -0.2) is 37.9 Å². The maximum Gasteiger partial charge on any atom is 0.240 e. The van der Waals surface area contributed by atoms with Crippen molar-refractivity contribution in [1.82, 2.24) is 4.72 Å². The molecule has 0 saturated heterocycles. The number of nitrogens with zero attached hydrogens (tertiary/aromatic N) is 1. The molecule has 1 aromatic carbocycles. The van der Waals surface area contributed by atoms with Crippen molar-refractivity contribution in [2.75, 3.05) is 13.2 Å². The summed E-state index contributed by atoms with van der Waals surface area (Å²) in [6.07, 6.45) is -1.14. The lowest BCUT2D eigenvalue weighted by Crippen LogP contribution is -2.33. The largest absolute Gasteiger partial charge is 0.394 e. The minimum absolute atomic E-state index is 0.0177. The van der Waals surface area contributed by atoms with Crippen molar-refractivity contribution >= 4 is 10.0 Å². The van der Waals surface area contributed by atoms with Crippen LogP contribution >= 0.6 is 0 Å². The van der Waals surface area contributed by atoms with Gasteiger partial charge in [-0.25, -0.2) is 13.1 Å². The quantitative estimate of drug-likeness (QED) is 0.668. The molecule has 0 aliphatic rings. The van der Waals surface area contributed by atoms with Gasteiger partial charge in [-0.1, -0.05) is 0 Å². The molecule has 1 atom stereocenters. The van der Waals surface area contributed by atoms with Gasteiger partial charge >= 0.3 is 0 Å². The van der Waals surface area contributed by atoms with Crippen LogP contribution in [0, 0.1) is 18.3 Å². The summed E-state index contributed by atoms with van der Waals surface area (Å²) in [5.74, 6) is 0. The Labute approximate surface area is 106 Å². The van der Waals surface area contributed by atoms with Crippen LogP contribution in [0.5, 0.6) is 0 Å². The summed E-state index contributed by atoms with van der Waals surface area (Å²) in [6, 6.07) is 6.07. The van der Waals surface area contributed by atoms with E-state index in [9.17, 15) is 8.42 Å². The van der Waals surface area contributed by atoms with E-state index in [0.717, 1.165) is 0 Å². The standard InChI is InChI=1S/C11H14N2O4S/c1-8-4-11(3-2-9(8)5-12)18(16,17)13-6-10(15)7-14/h2-4,10,13-15H,6-7H2,1H3. The van der Waals surface area contributed by atoms with Crippen molar-refractivity contribution in [3.8, 4) is 6.07 Å². The highest BCUT2D eigenvalue weighted by molar-refractivity contribution is 7.89. The first-order valence-corrected chi connectivity index (χ1v) is 6.68. The van der Waals surface area contributed by atoms with Crippen LogP contribution in [0.4, 0.5) is 0 Å². The van der Waals surface area contributed by atoms with E-state index in [0.29, 0.717) is 11.1 Å². The molecule has 0 fully saturated rings. The van der Waals surface area contributed by atoms with Crippen LogP contribution < -0.4 is 4.72 Å². The van der Waals surface area contributed by atoms with E-state index in [1.54, 1.807) is 6.92 Å². The van der Waals surface area contributed by atoms with Crippen molar-refractivity contribution in [3.05, 3.63) is 29.3 Å². The van der Waals surface area contributed by atoms with Crippen LogP contribution in [0.1, 0.15) is 11.1 Å². The van der Waals surface area contributed by atoms with Gasteiger partial charge in [0.15, 0.2) is 0 Å². The molecule has 0 bridgehead atoms. The molecule has 0 aliphatic heterocycles. The maximum atomic E-state index is 11.8. The molecule has 98 valence electrons. The van der Waals surface area contributed by atoms with Crippen molar-refractivity contribution in [3.63, 3.8) is 0 Å². The molecule has 1 unspecified atom stereocenters. The first-order valence-electron chi connectivity index (χ1n) is 5.20. The van der Waals surface area contributed by atoms with Crippen LogP contribution in [0.25, 0.3) is 0 Å². The molecule has 0 aliphatic carbocycles. The summed E-state index contributed by atoms with van der Waals surface area (Å²) in [6.45, 7) is 0.854. The summed E-state index contributed by atoms with van der Waals surface area (Å²) in [7, 11) is -3.74. The first kappa shape index (κ1) is 14.6. The van der Waals surface area contributed by atoms with Gasteiger partial charge in [0.25, 0.3) is 0 Å². The Balaban J connectivity index is 2.93. The molecule has 0 heterocycles. The molecular weight excluding hydrogens is 256 g/mol. The third kappa shape index (κ3) is 3.51. The van der Waals surface area contributed by atoms with E-state index < -0.39 is 22.7 Å². The van der Waals surface area contributed by atoms with E-state index in [1.165, 1.54) is 18.2 Å². The molecule has 0 spiro atoms. The first-order chi connectivity index (χ1) is 8.40. The fourth-order valence-corrected chi connectivity index (χ4v) is 2.44. The normalized spacial score (nSPS) is 13.0. The molecule has 0 saturated carbocycles. The molecular formula is C11H14N2O4S. The predicted molar refractivity (Wildman–Crippen MR) is 64.2 cm³/mol. The SMILES string of the molecule is Cc1cc(S(=O)(=O)NCC(O)CO)ccc1C#N. The number of aryl methyl sites for hydroxylation is 1. The number of hydrogen-bond acceptors (Lipinski definition) is 5. The summed E-state index contributed by atoms with van der Waals surface area (Å²) >= 11 is 0. The lowest BCUT2D eigenvalue weighted by atomic mass is 10.1. The van der Waals surface area contributed by atoms with Gasteiger partial charge in [0.1, 0.15) is 0 Å². The minimum atomic E-state index is -3.74. The zero-order valence-corrected chi connectivity index (χ0v) is 10.6. The Morgan fingerprint density at radius 1 is 1.50 bits per heavy atom. The van der Waals surface area contributed by atoms with Crippen molar-refractivity contribution in [2.24, 2.45) is 0 Å². The highest BCUT2D eigenvalue weighted by Gasteiger charge is 2.16. The van der Waals surface area contributed by atoms with Gasteiger partial charge in [-0.15, -0.1) is 0 Å². The average molecular weight is 270 g/mol. The van der Waals surface area contributed by atoms with Crippen molar-refractivity contribution < 1.29 is 18.6 Å². The average Bonchev–Trinajstić information content (AvgIpc) is 2.35. The Bertz CT molecular complexity index is 563. The fourth-order valence-electron chi connectivity index (χ4n) is 1.28. The second-order valence-corrected chi connectivity index (χ2v) is 5.54. The molecule has 1 aromatic rings. The van der Waals surface area contributed by atoms with Gasteiger partial charge < -0.3 is 10.2 Å². The van der Waals surface area contributed by atoms with E-state index in [2.05, 4.69) is 4.72 Å². The zero-order valence-electron chi connectivity index (χ0n) is 9.79. The van der Waals surface area contributed by atoms with Gasteiger partial charge in [-0.3, -0.25) is 0 Å². The lowest BCUT2D eigenvalue weighted by molar-refractivity contribution is 0.0988. The molecule has 3 N–H and O–H groups in total. The second-order valence-electron chi connectivity index (χ2n) is 3.78. The maximum absolute atomic E-state index is 11.8. The Morgan fingerprint density at radius 3 is 2.67 bits per heavy atom. The van der Waals surface area contributed by atoms with E-state index in [1.807, 2.05) is 6.07 Å². The highest BCUT2D eigenvalue weighted by atomic mass is 32.2. The Morgan fingerprint density at radius 2 is 2.17 bits per heavy atom. The third-order valence-corrected chi connectivity index (χ3v) is 3.77. The molecule has 0 aromatic heterocycles. The van der Waals surface area contributed by atoms with Crippen LogP contribution in [0.15, 0.2) is 23.1 Å². The van der Waals surface area contributed by atoms with E-state index in [-0.39, 0.29) is 11.4 Å². The number of sulfonamides is 1. The molecule has 18 heavy (non-hydrogen) atoms. The number of rotatable bonds is 5. The molecule has 6 nitrogen and oxygen atoms in total. The number of nitriles is 1. The number of hydrogen-bond donors (Lipinski definition) is 3. The summed E-state index contributed by atoms with van der Waals surface area (Å²) < 4.78 is 25.8. The molecule has 0 radical (unpaired) electrons. The van der Waals surface area contributed by atoms with Crippen LogP contribution in [-0.2, 0) is 10.0 Å². The molecule has 7 heteroatoms. The smallest absolute Gasteiger partial charge is 0.240 e. The van der Waals surface area contributed by atoms with Gasteiger partial charge in [0.2, 0.25) is 10.0 Å². The number of aliphatic hydroxyl groups is 2. The van der Waals surface area contributed by atoms with Crippen LogP contribution in [0.3, 0.4) is 0 Å². The molecule has 0 amide bonds. The van der Waals surface area contributed by atoms with Gasteiger partial charge in [0, 0.05) is 6.54 Å². The van der Waals surface area contributed by atoms with Gasteiger partial charge in [-0.05, 0) is 30.7 Å². The van der Waals surface area contributed by atoms with Gasteiger partial charge in [0.05, 0.1) is 29.2 Å². The second kappa shape index (κ2) is 5.93. The van der Waals surface area contributed by atoms with Crippen molar-refractivity contribution in [1.29, 1.82) is 5.26 Å². The summed E-state index contributed by atoms with van der Waals surface area (Å²) in [5.41, 5.74) is 0.965.